The van der Waals surface area contributed by atoms with Gasteiger partial charge in [0.2, 0.25) is 6.79 Å². The van der Waals surface area contributed by atoms with Crippen LogP contribution in [0.15, 0.2) is 30.8 Å². The van der Waals surface area contributed by atoms with Crippen molar-refractivity contribution >= 4 is 36.0 Å². The Kier molecular flexibility index (Phi) is 11.3. The predicted molar refractivity (Wildman–Crippen MR) is 163 cm³/mol. The highest BCUT2D eigenvalue weighted by Crippen LogP contribution is 2.34. The van der Waals surface area contributed by atoms with Gasteiger partial charge in [-0.1, -0.05) is 26.5 Å². The van der Waals surface area contributed by atoms with Gasteiger partial charge < -0.3 is 34.7 Å². The van der Waals surface area contributed by atoms with Crippen LogP contribution in [0.1, 0.15) is 84.4 Å². The minimum absolute atomic E-state index is 0.0306. The van der Waals surface area contributed by atoms with E-state index in [0.29, 0.717) is 18.0 Å². The van der Waals surface area contributed by atoms with Crippen LogP contribution in [0.3, 0.4) is 0 Å². The number of methoxy groups -OCH3 is 1. The standard InChI is InChI=1S/C32H39N3O10/c1-8-19-13-22(28(37)38)21(14-24(19)42-7)20-11-12-23(27(36)33-15-18-9-10-18)34-26(20)30(40)44-16-43-29(39)25(17(2)3)35-31(41)45-32(4,5)6/h8,11-14,17-18,25H,1,9-10,15-16H2,2-7H3,(H,33,36)(H,35,41)(H,37,38)/t25-/m0/s1. The summed E-state index contributed by atoms with van der Waals surface area (Å²) in [4.78, 5) is 67.6. The first-order valence-corrected chi connectivity index (χ1v) is 14.4. The summed E-state index contributed by atoms with van der Waals surface area (Å²) in [5.74, 6) is -3.54. The molecular formula is C32H39N3O10. The van der Waals surface area contributed by atoms with Crippen molar-refractivity contribution in [2.75, 3.05) is 20.4 Å². The number of carbonyl (C=O) groups excluding carboxylic acids is 4. The van der Waals surface area contributed by atoms with Gasteiger partial charge in [0.05, 0.1) is 12.7 Å². The van der Waals surface area contributed by atoms with Crippen molar-refractivity contribution in [3.05, 3.63) is 53.4 Å². The monoisotopic (exact) mass is 625 g/mol. The number of benzene rings is 1. The van der Waals surface area contributed by atoms with Gasteiger partial charge in [0.25, 0.3) is 5.91 Å². The Morgan fingerprint density at radius 2 is 1.78 bits per heavy atom. The lowest BCUT2D eigenvalue weighted by molar-refractivity contribution is -0.156. The van der Waals surface area contributed by atoms with Gasteiger partial charge in [-0.3, -0.25) is 4.79 Å². The van der Waals surface area contributed by atoms with Crippen LogP contribution >= 0.6 is 0 Å². The summed E-state index contributed by atoms with van der Waals surface area (Å²) in [6.45, 7) is 11.6. The molecule has 3 N–H and O–H groups in total. The Morgan fingerprint density at radius 3 is 2.33 bits per heavy atom. The fourth-order valence-electron chi connectivity index (χ4n) is 4.17. The molecule has 2 aromatic rings. The summed E-state index contributed by atoms with van der Waals surface area (Å²) in [5.41, 5.74) is -0.985. The van der Waals surface area contributed by atoms with Gasteiger partial charge >= 0.3 is 24.0 Å². The zero-order valence-corrected chi connectivity index (χ0v) is 26.2. The number of nitrogens with zero attached hydrogens (tertiary/aromatic N) is 1. The molecule has 1 aromatic carbocycles. The third-order valence-electron chi connectivity index (χ3n) is 6.66. The molecule has 13 nitrogen and oxygen atoms in total. The van der Waals surface area contributed by atoms with E-state index in [0.717, 1.165) is 12.8 Å². The van der Waals surface area contributed by atoms with E-state index in [4.69, 9.17) is 18.9 Å². The number of ether oxygens (including phenoxy) is 4. The highest BCUT2D eigenvalue weighted by molar-refractivity contribution is 6.04. The second-order valence-electron chi connectivity index (χ2n) is 11.8. The smallest absolute Gasteiger partial charge is 0.408 e. The summed E-state index contributed by atoms with van der Waals surface area (Å²) in [6.07, 6.45) is 2.61. The molecular weight excluding hydrogens is 586 g/mol. The molecule has 1 saturated carbocycles. The van der Waals surface area contributed by atoms with Crippen molar-refractivity contribution < 1.29 is 48.0 Å². The highest BCUT2D eigenvalue weighted by Gasteiger charge is 2.30. The summed E-state index contributed by atoms with van der Waals surface area (Å²) in [6, 6.07) is 4.39. The summed E-state index contributed by atoms with van der Waals surface area (Å²) in [5, 5.41) is 15.2. The highest BCUT2D eigenvalue weighted by atomic mass is 16.7. The van der Waals surface area contributed by atoms with Crippen molar-refractivity contribution in [1.29, 1.82) is 0 Å². The van der Waals surface area contributed by atoms with Crippen molar-refractivity contribution in [3.63, 3.8) is 0 Å². The van der Waals surface area contributed by atoms with Crippen molar-refractivity contribution in [1.82, 2.24) is 15.6 Å². The second-order valence-corrected chi connectivity index (χ2v) is 11.8. The predicted octanol–water partition coefficient (Wildman–Crippen LogP) is 4.45. The number of pyridine rings is 1. The number of nitrogens with one attached hydrogen (secondary N) is 2. The number of esters is 2. The molecule has 0 aliphatic heterocycles. The number of carboxylic acids is 1. The lowest BCUT2D eigenvalue weighted by Crippen LogP contribution is -2.47. The topological polar surface area (TPSA) is 179 Å². The molecule has 0 unspecified atom stereocenters. The molecule has 1 aliphatic carbocycles. The Balaban J connectivity index is 1.90. The van der Waals surface area contributed by atoms with E-state index in [-0.39, 0.29) is 28.1 Å². The van der Waals surface area contributed by atoms with Gasteiger partial charge in [-0.25, -0.2) is 24.2 Å². The number of alkyl carbamates (subject to hydrolysis) is 1. The normalized spacial score (nSPS) is 13.3. The number of carbonyl (C=O) groups is 5. The van der Waals surface area contributed by atoms with Gasteiger partial charge in [0.15, 0.2) is 5.69 Å². The molecule has 2 amide bonds. The maximum absolute atomic E-state index is 13.4. The molecule has 1 fully saturated rings. The maximum atomic E-state index is 13.4. The molecule has 1 aromatic heterocycles. The van der Waals surface area contributed by atoms with Crippen LogP contribution in [-0.4, -0.2) is 72.1 Å². The molecule has 3 rings (SSSR count). The van der Waals surface area contributed by atoms with Crippen LogP contribution in [0.4, 0.5) is 4.79 Å². The van der Waals surface area contributed by atoms with Crippen LogP contribution in [0.25, 0.3) is 17.2 Å². The zero-order chi connectivity index (χ0) is 33.5. The number of amides is 2. The van der Waals surface area contributed by atoms with E-state index in [1.165, 1.54) is 37.5 Å². The molecule has 1 heterocycles. The quantitative estimate of drug-likeness (QED) is 0.212. The van der Waals surface area contributed by atoms with E-state index >= 15 is 0 Å². The second kappa shape index (κ2) is 14.7. The van der Waals surface area contributed by atoms with E-state index in [1.807, 2.05) is 0 Å². The fraction of sp³-hybridized carbons (Fsp3) is 0.438. The van der Waals surface area contributed by atoms with Gasteiger partial charge in [-0.05, 0) is 69.7 Å². The largest absolute Gasteiger partial charge is 0.496 e. The van der Waals surface area contributed by atoms with Gasteiger partial charge in [-0.2, -0.15) is 0 Å². The molecule has 1 atom stereocenters. The van der Waals surface area contributed by atoms with Crippen LogP contribution in [0.2, 0.25) is 0 Å². The van der Waals surface area contributed by atoms with Crippen LogP contribution in [0, 0.1) is 11.8 Å². The number of aromatic nitrogens is 1. The molecule has 1 aliphatic rings. The number of rotatable bonds is 13. The zero-order valence-electron chi connectivity index (χ0n) is 26.2. The molecule has 45 heavy (non-hydrogen) atoms. The van der Waals surface area contributed by atoms with Crippen molar-refractivity contribution in [2.24, 2.45) is 11.8 Å². The summed E-state index contributed by atoms with van der Waals surface area (Å²) in [7, 11) is 1.39. The molecule has 0 bridgehead atoms. The number of aromatic carboxylic acids is 1. The SMILES string of the molecule is C=Cc1cc(C(=O)O)c(-c2ccc(C(=O)NCC3CC3)nc2C(=O)OCOC(=O)[C@@H](NC(=O)OC(C)(C)C)C(C)C)cc1OC. The average Bonchev–Trinajstić information content (AvgIpc) is 3.81. The van der Waals surface area contributed by atoms with Crippen LogP contribution in [-0.2, 0) is 19.0 Å². The Hall–Kier alpha value is -4.94. The van der Waals surface area contributed by atoms with E-state index in [1.54, 1.807) is 34.6 Å². The van der Waals surface area contributed by atoms with E-state index in [9.17, 15) is 29.1 Å². The van der Waals surface area contributed by atoms with Gasteiger partial charge in [0.1, 0.15) is 23.1 Å². The van der Waals surface area contributed by atoms with Crippen molar-refractivity contribution in [2.45, 2.75) is 59.1 Å². The first-order chi connectivity index (χ1) is 21.1. The molecule has 0 radical (unpaired) electrons. The summed E-state index contributed by atoms with van der Waals surface area (Å²) < 4.78 is 20.9. The summed E-state index contributed by atoms with van der Waals surface area (Å²) >= 11 is 0. The Morgan fingerprint density at radius 1 is 1.09 bits per heavy atom. The van der Waals surface area contributed by atoms with Gasteiger partial charge in [0, 0.05) is 23.2 Å². The maximum Gasteiger partial charge on any atom is 0.408 e. The number of hydrogen-bond donors (Lipinski definition) is 3. The minimum Gasteiger partial charge on any atom is -0.496 e. The first kappa shape index (κ1) is 34.5. The third-order valence-corrected chi connectivity index (χ3v) is 6.66. The van der Waals surface area contributed by atoms with Gasteiger partial charge in [-0.15, -0.1) is 0 Å². The molecule has 0 saturated heterocycles. The van der Waals surface area contributed by atoms with Crippen molar-refractivity contribution in [3.8, 4) is 16.9 Å². The molecule has 242 valence electrons. The fourth-order valence-corrected chi connectivity index (χ4v) is 4.17. The number of carboxylic acid groups (broad SMARTS) is 1. The third kappa shape index (κ3) is 9.52. The average molecular weight is 626 g/mol. The van der Waals surface area contributed by atoms with Crippen LogP contribution < -0.4 is 15.4 Å². The molecule has 13 heteroatoms. The van der Waals surface area contributed by atoms with E-state index in [2.05, 4.69) is 22.2 Å². The Bertz CT molecular complexity index is 1470. The number of hydrogen-bond acceptors (Lipinski definition) is 10. The lowest BCUT2D eigenvalue weighted by atomic mass is 9.95. The Labute approximate surface area is 261 Å². The minimum atomic E-state index is -1.30. The van der Waals surface area contributed by atoms with Crippen LogP contribution in [0.5, 0.6) is 5.75 Å². The lowest BCUT2D eigenvalue weighted by Gasteiger charge is -2.24. The van der Waals surface area contributed by atoms with E-state index < -0.39 is 60.0 Å². The first-order valence-electron chi connectivity index (χ1n) is 14.4. The molecule has 0 spiro atoms.